The van der Waals surface area contributed by atoms with Crippen LogP contribution in [0.1, 0.15) is 11.3 Å². The van der Waals surface area contributed by atoms with Crippen LogP contribution in [0.2, 0.25) is 0 Å². The lowest BCUT2D eigenvalue weighted by atomic mass is 10.2. The predicted molar refractivity (Wildman–Crippen MR) is 47.9 cm³/mol. The fourth-order valence-electron chi connectivity index (χ4n) is 0.796. The summed E-state index contributed by atoms with van der Waals surface area (Å²) in [7, 11) is 0. The molecule has 6 heteroatoms. The van der Waals surface area contributed by atoms with Gasteiger partial charge in [0.2, 0.25) is 0 Å². The molecule has 0 aliphatic rings. The summed E-state index contributed by atoms with van der Waals surface area (Å²) in [6.07, 6.45) is -4.38. The van der Waals surface area contributed by atoms with Crippen molar-refractivity contribution in [3.05, 3.63) is 27.1 Å². The second-order valence-electron chi connectivity index (χ2n) is 2.33. The highest BCUT2D eigenvalue weighted by Crippen LogP contribution is 2.30. The van der Waals surface area contributed by atoms with E-state index in [1.165, 1.54) is 0 Å². The van der Waals surface area contributed by atoms with Gasteiger partial charge in [-0.25, -0.2) is 4.98 Å². The number of rotatable bonds is 1. The Bertz CT molecular complexity index is 313. The molecule has 0 amide bonds. The number of alkyl halides is 3. The van der Waals surface area contributed by atoms with Gasteiger partial charge in [0.15, 0.2) is 0 Å². The van der Waals surface area contributed by atoms with E-state index in [-0.39, 0.29) is 9.39 Å². The molecular formula is C7H5F3INO. The highest BCUT2D eigenvalue weighted by Gasteiger charge is 2.31. The first kappa shape index (κ1) is 10.7. The van der Waals surface area contributed by atoms with Crippen molar-refractivity contribution in [3.8, 4) is 0 Å². The third-order valence-corrected chi connectivity index (χ3v) is 1.89. The summed E-state index contributed by atoms with van der Waals surface area (Å²) in [4.78, 5) is 3.70. The van der Waals surface area contributed by atoms with Gasteiger partial charge in [0.25, 0.3) is 0 Å². The molecule has 1 N–H and O–H groups in total. The standard InChI is InChI=1S/C7H5F3INO/c8-7(9,10)4-1-5(3-13)12-6(11)2-4/h1-2,13H,3H2. The summed E-state index contributed by atoms with van der Waals surface area (Å²) < 4.78 is 36.7. The number of hydrogen-bond acceptors (Lipinski definition) is 2. The van der Waals surface area contributed by atoms with Crippen molar-refractivity contribution in [2.24, 2.45) is 0 Å². The molecule has 1 rings (SSSR count). The molecule has 0 bridgehead atoms. The Balaban J connectivity index is 3.16. The normalized spacial score (nSPS) is 11.8. The van der Waals surface area contributed by atoms with Gasteiger partial charge >= 0.3 is 6.18 Å². The van der Waals surface area contributed by atoms with Crippen LogP contribution in [0.15, 0.2) is 12.1 Å². The van der Waals surface area contributed by atoms with E-state index < -0.39 is 18.3 Å². The van der Waals surface area contributed by atoms with Crippen molar-refractivity contribution in [2.75, 3.05) is 0 Å². The van der Waals surface area contributed by atoms with Gasteiger partial charge in [0.05, 0.1) is 17.9 Å². The highest BCUT2D eigenvalue weighted by molar-refractivity contribution is 14.1. The molecule has 0 spiro atoms. The van der Waals surface area contributed by atoms with E-state index in [4.69, 9.17) is 5.11 Å². The fraction of sp³-hybridized carbons (Fsp3) is 0.286. The van der Waals surface area contributed by atoms with Crippen LogP contribution in [0, 0.1) is 3.70 Å². The van der Waals surface area contributed by atoms with Crippen molar-refractivity contribution in [3.63, 3.8) is 0 Å². The quantitative estimate of drug-likeness (QED) is 0.637. The van der Waals surface area contributed by atoms with E-state index in [0.29, 0.717) is 0 Å². The molecule has 0 atom stereocenters. The average Bonchev–Trinajstić information content (AvgIpc) is 2.01. The Hall–Kier alpha value is -0.370. The van der Waals surface area contributed by atoms with Crippen LogP contribution in [-0.2, 0) is 12.8 Å². The first-order valence-electron chi connectivity index (χ1n) is 3.28. The number of hydrogen-bond donors (Lipinski definition) is 1. The van der Waals surface area contributed by atoms with Gasteiger partial charge in [0.1, 0.15) is 3.70 Å². The Morgan fingerprint density at radius 2 is 2.00 bits per heavy atom. The Morgan fingerprint density at radius 3 is 2.46 bits per heavy atom. The van der Waals surface area contributed by atoms with Gasteiger partial charge in [-0.15, -0.1) is 0 Å². The third kappa shape index (κ3) is 2.80. The van der Waals surface area contributed by atoms with Crippen LogP contribution in [0.3, 0.4) is 0 Å². The van der Waals surface area contributed by atoms with Gasteiger partial charge in [0, 0.05) is 0 Å². The Labute approximate surface area is 85.9 Å². The summed E-state index contributed by atoms with van der Waals surface area (Å²) in [5, 5.41) is 8.62. The van der Waals surface area contributed by atoms with E-state index in [9.17, 15) is 13.2 Å². The Kier molecular flexibility index (Phi) is 3.12. The Morgan fingerprint density at radius 1 is 1.38 bits per heavy atom. The first-order valence-corrected chi connectivity index (χ1v) is 4.36. The third-order valence-electron chi connectivity index (χ3n) is 1.34. The first-order chi connectivity index (χ1) is 5.93. The van der Waals surface area contributed by atoms with Gasteiger partial charge in [-0.05, 0) is 34.7 Å². The van der Waals surface area contributed by atoms with Crippen molar-refractivity contribution < 1.29 is 18.3 Å². The van der Waals surface area contributed by atoms with Crippen LogP contribution < -0.4 is 0 Å². The van der Waals surface area contributed by atoms with Crippen LogP contribution >= 0.6 is 22.6 Å². The minimum absolute atomic E-state index is 0.0271. The van der Waals surface area contributed by atoms with Crippen LogP contribution in [0.4, 0.5) is 13.2 Å². The van der Waals surface area contributed by atoms with Gasteiger partial charge < -0.3 is 5.11 Å². The maximum Gasteiger partial charge on any atom is 0.416 e. The molecule has 2 nitrogen and oxygen atoms in total. The summed E-state index contributed by atoms with van der Waals surface area (Å²) in [5.41, 5.74) is -0.754. The molecule has 0 unspecified atom stereocenters. The smallest absolute Gasteiger partial charge is 0.390 e. The van der Waals surface area contributed by atoms with Crippen molar-refractivity contribution >= 4 is 22.6 Å². The molecule has 0 aliphatic carbocycles. The largest absolute Gasteiger partial charge is 0.416 e. The van der Waals surface area contributed by atoms with E-state index in [2.05, 4.69) is 4.98 Å². The maximum absolute atomic E-state index is 12.2. The van der Waals surface area contributed by atoms with Crippen LogP contribution in [0.25, 0.3) is 0 Å². The molecule has 0 saturated carbocycles. The second kappa shape index (κ2) is 3.79. The van der Waals surface area contributed by atoms with Gasteiger partial charge in [-0.2, -0.15) is 13.2 Å². The molecule has 0 fully saturated rings. The second-order valence-corrected chi connectivity index (χ2v) is 3.43. The molecule has 1 heterocycles. The fourth-order valence-corrected chi connectivity index (χ4v) is 1.44. The zero-order chi connectivity index (χ0) is 10.1. The minimum Gasteiger partial charge on any atom is -0.390 e. The van der Waals surface area contributed by atoms with Crippen LogP contribution in [-0.4, -0.2) is 10.1 Å². The van der Waals surface area contributed by atoms with E-state index >= 15 is 0 Å². The number of nitrogens with zero attached hydrogens (tertiary/aromatic N) is 1. The van der Waals surface area contributed by atoms with Crippen molar-refractivity contribution in [1.29, 1.82) is 0 Å². The molecule has 72 valence electrons. The summed E-state index contributed by atoms with van der Waals surface area (Å²) in [5.74, 6) is 0. The molecule has 13 heavy (non-hydrogen) atoms. The molecule has 1 aromatic rings. The number of aromatic nitrogens is 1. The molecule has 0 aliphatic heterocycles. The predicted octanol–water partition coefficient (Wildman–Crippen LogP) is 2.20. The van der Waals surface area contributed by atoms with Gasteiger partial charge in [-0.1, -0.05) is 0 Å². The number of pyridine rings is 1. The molecule has 0 aromatic carbocycles. The van der Waals surface area contributed by atoms with E-state index in [1.807, 2.05) is 0 Å². The molecule has 0 saturated heterocycles. The lowest BCUT2D eigenvalue weighted by molar-refractivity contribution is -0.137. The highest BCUT2D eigenvalue weighted by atomic mass is 127. The molecule has 0 radical (unpaired) electrons. The van der Waals surface area contributed by atoms with Crippen LogP contribution in [0.5, 0.6) is 0 Å². The summed E-state index contributed by atoms with van der Waals surface area (Å²) in [6, 6.07) is 1.77. The average molecular weight is 303 g/mol. The van der Waals surface area contributed by atoms with Crippen molar-refractivity contribution in [1.82, 2.24) is 4.98 Å². The zero-order valence-corrected chi connectivity index (χ0v) is 8.43. The molecular weight excluding hydrogens is 298 g/mol. The summed E-state index contributed by atoms with van der Waals surface area (Å²) in [6.45, 7) is -0.486. The van der Waals surface area contributed by atoms with E-state index in [0.717, 1.165) is 12.1 Å². The van der Waals surface area contributed by atoms with Gasteiger partial charge in [-0.3, -0.25) is 0 Å². The zero-order valence-electron chi connectivity index (χ0n) is 6.27. The SMILES string of the molecule is OCc1cc(C(F)(F)F)cc(I)n1. The van der Waals surface area contributed by atoms with E-state index in [1.54, 1.807) is 22.6 Å². The maximum atomic E-state index is 12.2. The lowest BCUT2D eigenvalue weighted by Crippen LogP contribution is -2.07. The topological polar surface area (TPSA) is 33.1 Å². The molecule has 1 aromatic heterocycles. The summed E-state index contributed by atoms with van der Waals surface area (Å²) >= 11 is 1.67. The number of aliphatic hydroxyl groups excluding tert-OH is 1. The lowest BCUT2D eigenvalue weighted by Gasteiger charge is -2.07. The van der Waals surface area contributed by atoms with Crippen molar-refractivity contribution in [2.45, 2.75) is 12.8 Å². The number of aliphatic hydroxyl groups is 1. The minimum atomic E-state index is -4.38. The monoisotopic (exact) mass is 303 g/mol. The number of halogens is 4.